The predicted molar refractivity (Wildman–Crippen MR) is 147 cm³/mol. The van der Waals surface area contributed by atoms with Crippen LogP contribution in [-0.4, -0.2) is 63.5 Å². The van der Waals surface area contributed by atoms with E-state index in [0.29, 0.717) is 5.56 Å². The summed E-state index contributed by atoms with van der Waals surface area (Å²) >= 11 is 0. The molecule has 9 heteroatoms. The van der Waals surface area contributed by atoms with Gasteiger partial charge in [0.2, 0.25) is 5.91 Å². The number of hydrazine groups is 1. The van der Waals surface area contributed by atoms with Crippen LogP contribution in [0.2, 0.25) is 0 Å². The monoisotopic (exact) mass is 539 g/mol. The zero-order valence-electron chi connectivity index (χ0n) is 22.1. The lowest BCUT2D eigenvalue weighted by Crippen LogP contribution is -2.74. The number of nitrogens with zero attached hydrogens (tertiary/aromatic N) is 4. The van der Waals surface area contributed by atoms with Crippen LogP contribution in [0.1, 0.15) is 35.7 Å². The lowest BCUT2D eigenvalue weighted by Gasteiger charge is -2.55. The van der Waals surface area contributed by atoms with Crippen LogP contribution in [-0.2, 0) is 16.1 Å². The Morgan fingerprint density at radius 1 is 1.02 bits per heavy atom. The van der Waals surface area contributed by atoms with E-state index in [0.717, 1.165) is 11.1 Å². The maximum Gasteiger partial charge on any atom is 0.334 e. The van der Waals surface area contributed by atoms with Gasteiger partial charge < -0.3 is 15.1 Å². The third-order valence-corrected chi connectivity index (χ3v) is 7.37. The third kappa shape index (κ3) is 5.26. The highest BCUT2D eigenvalue weighted by Gasteiger charge is 2.52. The van der Waals surface area contributed by atoms with E-state index in [4.69, 9.17) is 6.42 Å². The zero-order chi connectivity index (χ0) is 28.2. The molecule has 3 unspecified atom stereocenters. The topological polar surface area (TPSA) is 76.2 Å². The second-order valence-electron chi connectivity index (χ2n) is 9.83. The molecule has 8 nitrogen and oxygen atoms in total. The van der Waals surface area contributed by atoms with Crippen molar-refractivity contribution < 1.29 is 18.8 Å². The average Bonchev–Trinajstić information content (AvgIpc) is 2.97. The highest BCUT2D eigenvalue weighted by Crippen LogP contribution is 2.38. The summed E-state index contributed by atoms with van der Waals surface area (Å²) in [6.07, 6.45) is 4.81. The number of amides is 4. The highest BCUT2D eigenvalue weighted by molar-refractivity contribution is 5.92. The summed E-state index contributed by atoms with van der Waals surface area (Å²) in [5.41, 5.74) is 2.28. The third-order valence-electron chi connectivity index (χ3n) is 7.37. The first-order valence-corrected chi connectivity index (χ1v) is 13.1. The molecule has 2 aliphatic heterocycles. The van der Waals surface area contributed by atoms with Gasteiger partial charge in [-0.25, -0.2) is 14.2 Å². The van der Waals surface area contributed by atoms with Crippen LogP contribution in [0.15, 0.2) is 84.9 Å². The predicted octanol–water partition coefficient (Wildman–Crippen LogP) is 3.70. The van der Waals surface area contributed by atoms with Gasteiger partial charge >= 0.3 is 6.03 Å². The molecule has 2 aliphatic rings. The normalized spacial score (nSPS) is 20.1. The summed E-state index contributed by atoms with van der Waals surface area (Å²) in [4.78, 5) is 44.6. The number of carbonyl (C=O) groups is 3. The zero-order valence-corrected chi connectivity index (χ0v) is 22.1. The number of fused-ring (bicyclic) bond motifs is 1. The Morgan fingerprint density at radius 3 is 2.33 bits per heavy atom. The number of carbonyl (C=O) groups excluding carboxylic acids is 3. The average molecular weight is 540 g/mol. The van der Waals surface area contributed by atoms with Gasteiger partial charge in [0.1, 0.15) is 18.0 Å². The Bertz CT molecular complexity index is 1410. The van der Waals surface area contributed by atoms with E-state index >= 15 is 0 Å². The number of terminal acetylenes is 1. The van der Waals surface area contributed by atoms with Crippen molar-refractivity contribution in [1.82, 2.24) is 25.1 Å². The van der Waals surface area contributed by atoms with Crippen molar-refractivity contribution in [3.05, 3.63) is 107 Å². The Kier molecular flexibility index (Phi) is 7.80. The molecule has 0 spiro atoms. The molecule has 3 aromatic rings. The summed E-state index contributed by atoms with van der Waals surface area (Å²) < 4.78 is 13.7. The van der Waals surface area contributed by atoms with Gasteiger partial charge in [0.15, 0.2) is 0 Å². The van der Waals surface area contributed by atoms with E-state index in [1.165, 1.54) is 22.0 Å². The standard InChI is InChI=1S/C31H30FN5O3/c1-3-18-34-21-28(38)36-27(37(34)31(40)33-19-23-10-6-4-7-11-23)20-35(22(2)24-14-16-26(32)17-15-24)30(39)29(36)25-12-8-5-9-13-25/h1,4-17,22,27,29H,18-21H2,2H3,(H,33,40). The number of hydrogen-bond donors (Lipinski definition) is 1. The quantitative estimate of drug-likeness (QED) is 0.485. The molecule has 204 valence electrons. The Hall–Kier alpha value is -4.68. The van der Waals surface area contributed by atoms with Gasteiger partial charge in [-0.2, -0.15) is 5.01 Å². The Labute approximate surface area is 232 Å². The summed E-state index contributed by atoms with van der Waals surface area (Å²) in [6, 6.07) is 22.7. The van der Waals surface area contributed by atoms with E-state index in [9.17, 15) is 18.8 Å². The fourth-order valence-electron chi connectivity index (χ4n) is 5.37. The van der Waals surface area contributed by atoms with Crippen molar-refractivity contribution in [2.24, 2.45) is 0 Å². The largest absolute Gasteiger partial charge is 0.334 e. The van der Waals surface area contributed by atoms with Crippen LogP contribution in [0.5, 0.6) is 0 Å². The van der Waals surface area contributed by atoms with Crippen LogP contribution in [0.3, 0.4) is 0 Å². The Morgan fingerprint density at radius 2 is 1.68 bits per heavy atom. The number of benzene rings is 3. The van der Waals surface area contributed by atoms with Crippen molar-refractivity contribution in [1.29, 1.82) is 0 Å². The van der Waals surface area contributed by atoms with E-state index in [1.54, 1.807) is 34.2 Å². The van der Waals surface area contributed by atoms with Gasteiger partial charge in [-0.05, 0) is 35.7 Å². The highest BCUT2D eigenvalue weighted by atomic mass is 19.1. The molecular formula is C31H30FN5O3. The molecule has 2 saturated heterocycles. The molecule has 1 N–H and O–H groups in total. The molecule has 0 aliphatic carbocycles. The molecule has 0 radical (unpaired) electrons. The van der Waals surface area contributed by atoms with Crippen molar-refractivity contribution in [3.63, 3.8) is 0 Å². The molecular weight excluding hydrogens is 509 g/mol. The first-order chi connectivity index (χ1) is 19.4. The maximum atomic E-state index is 14.1. The van der Waals surface area contributed by atoms with Gasteiger partial charge in [0, 0.05) is 6.54 Å². The van der Waals surface area contributed by atoms with Crippen LogP contribution in [0, 0.1) is 18.2 Å². The fourth-order valence-corrected chi connectivity index (χ4v) is 5.37. The second kappa shape index (κ2) is 11.6. The van der Waals surface area contributed by atoms with E-state index in [2.05, 4.69) is 11.2 Å². The van der Waals surface area contributed by atoms with Crippen molar-refractivity contribution >= 4 is 17.8 Å². The van der Waals surface area contributed by atoms with Gasteiger partial charge in [-0.3, -0.25) is 9.59 Å². The van der Waals surface area contributed by atoms with Crippen LogP contribution in [0.25, 0.3) is 0 Å². The number of halogens is 1. The van der Waals surface area contributed by atoms with Gasteiger partial charge in [-0.1, -0.05) is 78.7 Å². The minimum Gasteiger partial charge on any atom is -0.333 e. The van der Waals surface area contributed by atoms with Gasteiger partial charge in [-0.15, -0.1) is 6.42 Å². The van der Waals surface area contributed by atoms with E-state index in [-0.39, 0.29) is 43.8 Å². The number of rotatable bonds is 6. The van der Waals surface area contributed by atoms with Crippen LogP contribution >= 0.6 is 0 Å². The molecule has 0 saturated carbocycles. The number of hydrogen-bond acceptors (Lipinski definition) is 4. The molecule has 5 rings (SSSR count). The minimum atomic E-state index is -0.951. The first-order valence-electron chi connectivity index (χ1n) is 13.1. The summed E-state index contributed by atoms with van der Waals surface area (Å²) in [7, 11) is 0. The second-order valence-corrected chi connectivity index (χ2v) is 9.83. The number of nitrogens with one attached hydrogen (secondary N) is 1. The smallest absolute Gasteiger partial charge is 0.333 e. The van der Waals surface area contributed by atoms with Crippen molar-refractivity contribution in [2.75, 3.05) is 19.6 Å². The number of piperazine rings is 1. The molecule has 4 amide bonds. The van der Waals surface area contributed by atoms with Crippen molar-refractivity contribution in [3.8, 4) is 12.3 Å². The molecule has 3 atom stereocenters. The lowest BCUT2D eigenvalue weighted by molar-refractivity contribution is -0.191. The number of urea groups is 1. The molecule has 2 fully saturated rings. The molecule has 0 aromatic heterocycles. The molecule has 40 heavy (non-hydrogen) atoms. The lowest BCUT2D eigenvalue weighted by atomic mass is 9.96. The van der Waals surface area contributed by atoms with E-state index < -0.39 is 24.3 Å². The van der Waals surface area contributed by atoms with E-state index in [1.807, 2.05) is 55.5 Å². The molecule has 3 aromatic carbocycles. The summed E-state index contributed by atoms with van der Waals surface area (Å²) in [5, 5.41) is 5.96. The Balaban J connectivity index is 1.54. The maximum absolute atomic E-state index is 14.1. The van der Waals surface area contributed by atoms with Gasteiger partial charge in [0.05, 0.1) is 25.7 Å². The molecule has 0 bridgehead atoms. The summed E-state index contributed by atoms with van der Waals surface area (Å²) in [5.74, 6) is 1.59. The van der Waals surface area contributed by atoms with Crippen LogP contribution < -0.4 is 5.32 Å². The SMILES string of the molecule is C#CCN1CC(=O)N2C(c3ccccc3)C(=O)N(C(C)c3ccc(F)cc3)CC2N1C(=O)NCc1ccccc1. The van der Waals surface area contributed by atoms with Gasteiger partial charge in [0.25, 0.3) is 5.91 Å². The minimum absolute atomic E-state index is 0.0340. The van der Waals surface area contributed by atoms with Crippen molar-refractivity contribution in [2.45, 2.75) is 31.7 Å². The fraction of sp³-hybridized carbons (Fsp3) is 0.258. The van der Waals surface area contributed by atoms with Crippen LogP contribution in [0.4, 0.5) is 9.18 Å². The first kappa shape index (κ1) is 26.9. The summed E-state index contributed by atoms with van der Waals surface area (Å²) in [6.45, 7) is 2.06. The molecule has 2 heterocycles.